The second kappa shape index (κ2) is 5.11. The molecule has 92 valence electrons. The van der Waals surface area contributed by atoms with E-state index in [1.807, 2.05) is 0 Å². The highest BCUT2D eigenvalue weighted by atomic mass is 16.7. The quantitative estimate of drug-likeness (QED) is 0.269. The summed E-state index contributed by atoms with van der Waals surface area (Å²) in [6, 6.07) is 5.19. The number of rotatable bonds is 3. The molecule has 0 unspecified atom stereocenters. The van der Waals surface area contributed by atoms with E-state index in [9.17, 15) is 4.79 Å². The number of nitrogens with zero attached hydrogens (tertiary/aromatic N) is 3. The number of carbonyl (C=O) groups is 1. The zero-order valence-electron chi connectivity index (χ0n) is 9.49. The largest absolute Gasteiger partial charge is 0.466 e. The SMILES string of the molecule is COC(=O)C(=Cc1cccc2c1OCO2)N=[N+]=[N-]. The van der Waals surface area contributed by atoms with Crippen LogP contribution in [0.15, 0.2) is 29.0 Å². The van der Waals surface area contributed by atoms with Crippen molar-refractivity contribution in [2.45, 2.75) is 0 Å². The fourth-order valence-corrected chi connectivity index (χ4v) is 1.50. The summed E-state index contributed by atoms with van der Waals surface area (Å²) in [6.07, 6.45) is 1.39. The van der Waals surface area contributed by atoms with Gasteiger partial charge in [0, 0.05) is 10.5 Å². The zero-order chi connectivity index (χ0) is 13.0. The van der Waals surface area contributed by atoms with Gasteiger partial charge in [-0.3, -0.25) is 0 Å². The Morgan fingerprint density at radius 3 is 3.11 bits per heavy atom. The fraction of sp³-hybridized carbons (Fsp3) is 0.182. The molecule has 1 heterocycles. The first-order valence-corrected chi connectivity index (χ1v) is 5.00. The predicted molar refractivity (Wildman–Crippen MR) is 61.7 cm³/mol. The van der Waals surface area contributed by atoms with E-state index in [1.54, 1.807) is 18.2 Å². The van der Waals surface area contributed by atoms with Crippen LogP contribution >= 0.6 is 0 Å². The third kappa shape index (κ3) is 2.21. The van der Waals surface area contributed by atoms with Crippen molar-refractivity contribution in [1.29, 1.82) is 0 Å². The highest BCUT2D eigenvalue weighted by molar-refractivity contribution is 5.93. The van der Waals surface area contributed by atoms with E-state index >= 15 is 0 Å². The van der Waals surface area contributed by atoms with Gasteiger partial charge in [0.1, 0.15) is 5.70 Å². The van der Waals surface area contributed by atoms with Crippen LogP contribution in [-0.2, 0) is 9.53 Å². The lowest BCUT2D eigenvalue weighted by Crippen LogP contribution is -2.02. The van der Waals surface area contributed by atoms with Crippen LogP contribution in [0.1, 0.15) is 5.56 Å². The average Bonchev–Trinajstić information content (AvgIpc) is 2.86. The van der Waals surface area contributed by atoms with Crippen molar-refractivity contribution in [1.82, 2.24) is 0 Å². The molecule has 1 aliphatic rings. The zero-order valence-corrected chi connectivity index (χ0v) is 9.49. The minimum atomic E-state index is -0.718. The third-order valence-corrected chi connectivity index (χ3v) is 2.27. The van der Waals surface area contributed by atoms with Crippen LogP contribution in [0, 0.1) is 0 Å². The number of methoxy groups -OCH3 is 1. The van der Waals surface area contributed by atoms with Gasteiger partial charge in [-0.15, -0.1) is 0 Å². The van der Waals surface area contributed by atoms with Gasteiger partial charge in [0.15, 0.2) is 11.5 Å². The minimum Gasteiger partial charge on any atom is -0.466 e. The predicted octanol–water partition coefficient (Wildman–Crippen LogP) is 2.24. The highest BCUT2D eigenvalue weighted by Crippen LogP contribution is 2.36. The number of carbonyl (C=O) groups excluding carboxylic acids is 1. The van der Waals surface area contributed by atoms with E-state index in [4.69, 9.17) is 15.0 Å². The Kier molecular flexibility index (Phi) is 3.36. The van der Waals surface area contributed by atoms with Crippen molar-refractivity contribution >= 4 is 12.0 Å². The summed E-state index contributed by atoms with van der Waals surface area (Å²) < 4.78 is 15.0. The molecule has 18 heavy (non-hydrogen) atoms. The van der Waals surface area contributed by atoms with Crippen LogP contribution in [0.2, 0.25) is 0 Å². The van der Waals surface area contributed by atoms with Crippen LogP contribution in [0.5, 0.6) is 11.5 Å². The molecule has 0 radical (unpaired) electrons. The van der Waals surface area contributed by atoms with Gasteiger partial charge in [-0.25, -0.2) is 4.79 Å². The molecule has 1 aromatic rings. The number of para-hydroxylation sites is 1. The summed E-state index contributed by atoms with van der Waals surface area (Å²) in [6.45, 7) is 0.120. The maximum absolute atomic E-state index is 11.4. The molecule has 0 aliphatic carbocycles. The van der Waals surface area contributed by atoms with Crippen LogP contribution in [0.4, 0.5) is 0 Å². The second-order valence-electron chi connectivity index (χ2n) is 3.29. The molecule has 0 bridgehead atoms. The molecule has 2 rings (SSSR count). The van der Waals surface area contributed by atoms with Gasteiger partial charge in [-0.1, -0.05) is 17.2 Å². The normalized spacial score (nSPS) is 12.8. The number of hydrogen-bond donors (Lipinski definition) is 0. The van der Waals surface area contributed by atoms with Crippen molar-refractivity contribution < 1.29 is 19.0 Å². The van der Waals surface area contributed by atoms with Crippen molar-refractivity contribution in [3.8, 4) is 11.5 Å². The van der Waals surface area contributed by atoms with Crippen LogP contribution in [0.3, 0.4) is 0 Å². The molecule has 1 aliphatic heterocycles. The summed E-state index contributed by atoms with van der Waals surface area (Å²) in [5, 5.41) is 3.29. The van der Waals surface area contributed by atoms with Gasteiger partial charge < -0.3 is 14.2 Å². The lowest BCUT2D eigenvalue weighted by atomic mass is 10.1. The fourth-order valence-electron chi connectivity index (χ4n) is 1.50. The molecule has 0 N–H and O–H groups in total. The van der Waals surface area contributed by atoms with Crippen LogP contribution in [-0.4, -0.2) is 19.9 Å². The lowest BCUT2D eigenvalue weighted by molar-refractivity contribution is -0.136. The average molecular weight is 247 g/mol. The summed E-state index contributed by atoms with van der Waals surface area (Å²) >= 11 is 0. The smallest absolute Gasteiger partial charge is 0.340 e. The van der Waals surface area contributed by atoms with E-state index in [0.29, 0.717) is 17.1 Å². The molecule has 7 heteroatoms. The van der Waals surface area contributed by atoms with Gasteiger partial charge in [0.2, 0.25) is 6.79 Å². The van der Waals surface area contributed by atoms with E-state index < -0.39 is 5.97 Å². The first kappa shape index (κ1) is 11.8. The summed E-state index contributed by atoms with van der Waals surface area (Å²) in [4.78, 5) is 14.0. The van der Waals surface area contributed by atoms with E-state index in [2.05, 4.69) is 14.8 Å². The highest BCUT2D eigenvalue weighted by Gasteiger charge is 2.17. The van der Waals surface area contributed by atoms with E-state index in [1.165, 1.54) is 13.2 Å². The van der Waals surface area contributed by atoms with Crippen LogP contribution in [0.25, 0.3) is 16.5 Å². The molecule has 1 aromatic carbocycles. The number of esters is 1. The molecule has 0 saturated heterocycles. The van der Waals surface area contributed by atoms with Crippen LogP contribution < -0.4 is 9.47 Å². The number of benzene rings is 1. The molecule has 0 fully saturated rings. The van der Waals surface area contributed by atoms with E-state index in [0.717, 1.165) is 0 Å². The molecule has 0 atom stereocenters. The first-order valence-electron chi connectivity index (χ1n) is 5.00. The second-order valence-corrected chi connectivity index (χ2v) is 3.29. The van der Waals surface area contributed by atoms with Gasteiger partial charge >= 0.3 is 5.97 Å². The number of azide groups is 1. The Bertz CT molecular complexity index is 561. The first-order chi connectivity index (χ1) is 8.76. The molecular formula is C11H9N3O4. The van der Waals surface area contributed by atoms with Gasteiger partial charge in [0.25, 0.3) is 0 Å². The number of fused-ring (bicyclic) bond motifs is 1. The van der Waals surface area contributed by atoms with Gasteiger partial charge in [0.05, 0.1) is 7.11 Å². The summed E-state index contributed by atoms with van der Waals surface area (Å²) in [5.74, 6) is 0.366. The van der Waals surface area contributed by atoms with Gasteiger partial charge in [-0.05, 0) is 17.7 Å². The van der Waals surface area contributed by atoms with Gasteiger partial charge in [-0.2, -0.15) is 0 Å². The van der Waals surface area contributed by atoms with Crippen molar-refractivity contribution in [2.24, 2.45) is 5.11 Å². The summed E-state index contributed by atoms with van der Waals surface area (Å²) in [7, 11) is 1.21. The monoisotopic (exact) mass is 247 g/mol. The molecule has 0 aromatic heterocycles. The number of ether oxygens (including phenoxy) is 3. The summed E-state index contributed by atoms with van der Waals surface area (Å²) in [5.41, 5.74) is 8.84. The van der Waals surface area contributed by atoms with Crippen molar-refractivity contribution in [3.05, 3.63) is 39.9 Å². The topological polar surface area (TPSA) is 93.5 Å². The standard InChI is InChI=1S/C11H9N3O4/c1-16-11(15)8(13-14-12)5-7-3-2-4-9-10(7)18-6-17-9/h2-5H,6H2,1H3. The van der Waals surface area contributed by atoms with Crippen molar-refractivity contribution in [3.63, 3.8) is 0 Å². The third-order valence-electron chi connectivity index (χ3n) is 2.27. The molecular weight excluding hydrogens is 238 g/mol. The maximum atomic E-state index is 11.4. The Morgan fingerprint density at radius 2 is 2.39 bits per heavy atom. The maximum Gasteiger partial charge on any atom is 0.340 e. The Balaban J connectivity index is 2.45. The van der Waals surface area contributed by atoms with E-state index in [-0.39, 0.29) is 12.5 Å². The van der Waals surface area contributed by atoms with Crippen molar-refractivity contribution in [2.75, 3.05) is 13.9 Å². The Hall–Kier alpha value is -2.66. The molecule has 0 amide bonds. The minimum absolute atomic E-state index is 0.120. The Morgan fingerprint density at radius 1 is 1.56 bits per heavy atom. The lowest BCUT2D eigenvalue weighted by Gasteiger charge is -2.02. The Labute approximate surface area is 102 Å². The molecule has 0 saturated carbocycles. The molecule has 0 spiro atoms. The molecule has 7 nitrogen and oxygen atoms in total. The number of hydrogen-bond acceptors (Lipinski definition) is 5.